The van der Waals surface area contributed by atoms with Crippen LogP contribution in [0.3, 0.4) is 0 Å². The maximum atomic E-state index is 12.2. The molecule has 1 amide bonds. The Hall–Kier alpha value is -1.79. The van der Waals surface area contributed by atoms with Gasteiger partial charge in [0.05, 0.1) is 15.2 Å². The normalized spacial score (nSPS) is 11.7. The van der Waals surface area contributed by atoms with Crippen molar-refractivity contribution in [2.75, 3.05) is 6.61 Å². The number of nitrogens with zero attached hydrogens (tertiary/aromatic N) is 2. The summed E-state index contributed by atoms with van der Waals surface area (Å²) in [4.78, 5) is 16.9. The minimum absolute atomic E-state index is 0.182. The highest BCUT2D eigenvalue weighted by atomic mass is 35.5. The van der Waals surface area contributed by atoms with E-state index in [1.165, 1.54) is 11.3 Å². The summed E-state index contributed by atoms with van der Waals surface area (Å²) < 4.78 is 8.11. The zero-order valence-corrected chi connectivity index (χ0v) is 16.5. The largest absolute Gasteiger partial charge is 0.484 e. The van der Waals surface area contributed by atoms with Gasteiger partial charge in [-0.15, -0.1) is 6.58 Å². The molecule has 0 radical (unpaired) electrons. The van der Waals surface area contributed by atoms with E-state index in [1.807, 2.05) is 4.57 Å². The summed E-state index contributed by atoms with van der Waals surface area (Å²) >= 11 is 19.5. The zero-order valence-electron chi connectivity index (χ0n) is 13.4. The minimum atomic E-state index is -0.411. The molecule has 0 aliphatic carbocycles. The van der Waals surface area contributed by atoms with Crippen molar-refractivity contribution in [3.05, 3.63) is 68.9 Å². The lowest BCUT2D eigenvalue weighted by Crippen LogP contribution is -2.19. The van der Waals surface area contributed by atoms with Crippen LogP contribution < -0.4 is 9.54 Å². The summed E-state index contributed by atoms with van der Waals surface area (Å²) in [6, 6.07) is 10.2. The number of carbonyl (C=O) groups excluding carboxylic acids is 1. The van der Waals surface area contributed by atoms with Crippen LogP contribution in [0.2, 0.25) is 15.1 Å². The smallest absolute Gasteiger partial charge is 0.286 e. The Morgan fingerprint density at radius 3 is 2.62 bits per heavy atom. The molecule has 3 rings (SSSR count). The van der Waals surface area contributed by atoms with E-state index in [2.05, 4.69) is 11.6 Å². The molecule has 0 N–H and O–H groups in total. The van der Waals surface area contributed by atoms with Crippen molar-refractivity contribution in [2.45, 2.75) is 6.54 Å². The van der Waals surface area contributed by atoms with Gasteiger partial charge in [0, 0.05) is 16.6 Å². The molecule has 3 aromatic rings. The molecular formula is C18H13Cl3N2O2S. The van der Waals surface area contributed by atoms with Crippen molar-refractivity contribution in [2.24, 2.45) is 4.99 Å². The molecule has 8 heteroatoms. The Morgan fingerprint density at radius 1 is 1.19 bits per heavy atom. The van der Waals surface area contributed by atoms with E-state index < -0.39 is 5.91 Å². The number of hydrogen-bond donors (Lipinski definition) is 0. The SMILES string of the molecule is C=CCn1c(=NC(=O)COc2ccc(Cl)cc2)sc2cc(Cl)cc(Cl)c21. The molecule has 0 saturated heterocycles. The van der Waals surface area contributed by atoms with Crippen molar-refractivity contribution in [1.29, 1.82) is 0 Å². The number of ether oxygens (including phenoxy) is 1. The molecule has 134 valence electrons. The molecule has 0 saturated carbocycles. The molecule has 1 aromatic heterocycles. The second-order valence-corrected chi connectivity index (χ2v) is 7.56. The van der Waals surface area contributed by atoms with Crippen LogP contribution in [-0.4, -0.2) is 17.1 Å². The van der Waals surface area contributed by atoms with Crippen LogP contribution in [-0.2, 0) is 11.3 Å². The Labute approximate surface area is 168 Å². The molecule has 1 heterocycles. The molecule has 0 unspecified atom stereocenters. The molecule has 0 aliphatic rings. The van der Waals surface area contributed by atoms with Crippen molar-refractivity contribution in [3.8, 4) is 5.75 Å². The van der Waals surface area contributed by atoms with Gasteiger partial charge in [0.15, 0.2) is 11.4 Å². The fourth-order valence-corrected chi connectivity index (χ4v) is 4.29. The van der Waals surface area contributed by atoms with Crippen LogP contribution in [0.4, 0.5) is 0 Å². The molecule has 4 nitrogen and oxygen atoms in total. The van der Waals surface area contributed by atoms with E-state index >= 15 is 0 Å². The third kappa shape index (κ3) is 4.30. The quantitative estimate of drug-likeness (QED) is 0.515. The van der Waals surface area contributed by atoms with Crippen LogP contribution in [0.1, 0.15) is 0 Å². The van der Waals surface area contributed by atoms with Gasteiger partial charge in [-0.25, -0.2) is 0 Å². The third-order valence-electron chi connectivity index (χ3n) is 3.40. The second kappa shape index (κ2) is 8.27. The number of allylic oxidation sites excluding steroid dienone is 1. The predicted molar refractivity (Wildman–Crippen MR) is 108 cm³/mol. The molecule has 26 heavy (non-hydrogen) atoms. The van der Waals surface area contributed by atoms with E-state index in [0.717, 1.165) is 10.2 Å². The predicted octanol–water partition coefficient (Wildman–Crippen LogP) is 5.36. The number of fused-ring (bicyclic) bond motifs is 1. The molecule has 0 spiro atoms. The van der Waals surface area contributed by atoms with Crippen molar-refractivity contribution in [1.82, 2.24) is 4.57 Å². The maximum absolute atomic E-state index is 12.2. The number of hydrogen-bond acceptors (Lipinski definition) is 3. The average molecular weight is 428 g/mol. The Bertz CT molecular complexity index is 1040. The monoisotopic (exact) mass is 426 g/mol. The molecule has 0 atom stereocenters. The standard InChI is InChI=1S/C18H13Cl3N2O2S/c1-2-7-23-17-14(21)8-12(20)9-15(17)26-18(23)22-16(24)10-25-13-5-3-11(19)4-6-13/h2-6,8-9H,1,7,10H2. The highest BCUT2D eigenvalue weighted by Crippen LogP contribution is 2.29. The Kier molecular flexibility index (Phi) is 6.04. The summed E-state index contributed by atoms with van der Waals surface area (Å²) in [5, 5.41) is 1.62. The first kappa shape index (κ1) is 19.0. The molecular weight excluding hydrogens is 415 g/mol. The molecule has 0 aliphatic heterocycles. The van der Waals surface area contributed by atoms with Crippen LogP contribution in [0.5, 0.6) is 5.75 Å². The lowest BCUT2D eigenvalue weighted by molar-refractivity contribution is -0.120. The first-order chi connectivity index (χ1) is 12.5. The number of aromatic nitrogens is 1. The van der Waals surface area contributed by atoms with E-state index in [0.29, 0.717) is 32.2 Å². The summed E-state index contributed by atoms with van der Waals surface area (Å²) in [5.41, 5.74) is 0.770. The van der Waals surface area contributed by atoms with E-state index in [4.69, 9.17) is 39.5 Å². The van der Waals surface area contributed by atoms with Gasteiger partial charge in [-0.2, -0.15) is 4.99 Å². The van der Waals surface area contributed by atoms with Gasteiger partial charge in [0.2, 0.25) is 0 Å². The Balaban J connectivity index is 1.91. The van der Waals surface area contributed by atoms with E-state index in [-0.39, 0.29) is 6.61 Å². The van der Waals surface area contributed by atoms with Gasteiger partial charge in [0.25, 0.3) is 5.91 Å². The topological polar surface area (TPSA) is 43.6 Å². The van der Waals surface area contributed by atoms with Crippen LogP contribution in [0.25, 0.3) is 10.2 Å². The fourth-order valence-electron chi connectivity index (χ4n) is 2.33. The van der Waals surface area contributed by atoms with Gasteiger partial charge >= 0.3 is 0 Å². The van der Waals surface area contributed by atoms with Crippen LogP contribution >= 0.6 is 46.1 Å². The zero-order chi connectivity index (χ0) is 18.7. The number of thiazole rings is 1. The third-order valence-corrected chi connectivity index (χ3v) is 5.19. The fraction of sp³-hybridized carbons (Fsp3) is 0.111. The van der Waals surface area contributed by atoms with Crippen LogP contribution in [0, 0.1) is 0 Å². The lowest BCUT2D eigenvalue weighted by Gasteiger charge is -2.04. The summed E-state index contributed by atoms with van der Waals surface area (Å²) in [6.07, 6.45) is 1.71. The van der Waals surface area contributed by atoms with Gasteiger partial charge < -0.3 is 9.30 Å². The van der Waals surface area contributed by atoms with Crippen molar-refractivity contribution >= 4 is 62.3 Å². The number of rotatable bonds is 5. The van der Waals surface area contributed by atoms with Crippen molar-refractivity contribution in [3.63, 3.8) is 0 Å². The first-order valence-corrected chi connectivity index (χ1v) is 9.48. The molecule has 0 bridgehead atoms. The highest BCUT2D eigenvalue weighted by Gasteiger charge is 2.12. The van der Waals surface area contributed by atoms with E-state index in [9.17, 15) is 4.79 Å². The van der Waals surface area contributed by atoms with Crippen LogP contribution in [0.15, 0.2) is 54.0 Å². The van der Waals surface area contributed by atoms with Gasteiger partial charge in [-0.05, 0) is 36.4 Å². The average Bonchev–Trinajstić information content (AvgIpc) is 2.92. The molecule has 2 aromatic carbocycles. The van der Waals surface area contributed by atoms with E-state index in [1.54, 1.807) is 42.5 Å². The van der Waals surface area contributed by atoms with Gasteiger partial charge in [-0.3, -0.25) is 4.79 Å². The number of amides is 1. The maximum Gasteiger partial charge on any atom is 0.286 e. The second-order valence-electron chi connectivity index (χ2n) is 5.27. The number of halogens is 3. The minimum Gasteiger partial charge on any atom is -0.484 e. The lowest BCUT2D eigenvalue weighted by atomic mass is 10.3. The number of carbonyl (C=O) groups is 1. The summed E-state index contributed by atoms with van der Waals surface area (Å²) in [7, 11) is 0. The first-order valence-electron chi connectivity index (χ1n) is 7.53. The highest BCUT2D eigenvalue weighted by molar-refractivity contribution is 7.16. The van der Waals surface area contributed by atoms with Gasteiger partial charge in [-0.1, -0.05) is 52.2 Å². The van der Waals surface area contributed by atoms with Crippen molar-refractivity contribution < 1.29 is 9.53 Å². The number of benzene rings is 2. The summed E-state index contributed by atoms with van der Waals surface area (Å²) in [6.45, 7) is 4.03. The van der Waals surface area contributed by atoms with Gasteiger partial charge in [0.1, 0.15) is 5.75 Å². The Morgan fingerprint density at radius 2 is 1.92 bits per heavy atom. The molecule has 0 fully saturated rings. The summed E-state index contributed by atoms with van der Waals surface area (Å²) in [5.74, 6) is 0.134.